The van der Waals surface area contributed by atoms with Gasteiger partial charge in [-0.2, -0.15) is 0 Å². The number of likely N-dealkylation sites (N-methyl/N-ethyl adjacent to an activating group) is 2. The van der Waals surface area contributed by atoms with E-state index in [0.717, 1.165) is 0 Å². The van der Waals surface area contributed by atoms with Crippen molar-refractivity contribution in [1.82, 2.24) is 9.80 Å². The highest BCUT2D eigenvalue weighted by Crippen LogP contribution is 2.36. The van der Waals surface area contributed by atoms with Gasteiger partial charge in [0.05, 0.1) is 0 Å². The van der Waals surface area contributed by atoms with E-state index in [4.69, 9.17) is 0 Å². The number of hydrogen-bond donors (Lipinski definition) is 0. The van der Waals surface area contributed by atoms with Crippen molar-refractivity contribution >= 4 is 0 Å². The maximum absolute atomic E-state index is 2.51. The molecule has 0 radical (unpaired) electrons. The Morgan fingerprint density at radius 3 is 2.00 bits per heavy atom. The lowest BCUT2D eigenvalue weighted by atomic mass is 9.85. The Balaban J connectivity index is 2.04. The number of likely N-dealkylation sites (tertiary alicyclic amines) is 2. The largest absolute Gasteiger partial charge is 0.304 e. The van der Waals surface area contributed by atoms with Crippen molar-refractivity contribution in [3.8, 4) is 0 Å². The number of hydrogen-bond acceptors (Lipinski definition) is 2. The molecular weight excluding hydrogens is 124 g/mol. The lowest BCUT2D eigenvalue weighted by Gasteiger charge is -2.48. The molecule has 0 aromatic heterocycles. The van der Waals surface area contributed by atoms with Gasteiger partial charge in [0.2, 0.25) is 0 Å². The third-order valence-electron chi connectivity index (χ3n) is 3.25. The molecule has 0 unspecified atom stereocenters. The number of nitrogens with zero attached hydrogens (tertiary/aromatic N) is 2. The monoisotopic (exact) mass is 140 g/mol. The van der Waals surface area contributed by atoms with Crippen LogP contribution in [0, 0.1) is 0 Å². The summed E-state index contributed by atoms with van der Waals surface area (Å²) in [6.07, 6.45) is 2.81. The van der Waals surface area contributed by atoms with Crippen LogP contribution < -0.4 is 0 Å². The molecule has 2 nitrogen and oxygen atoms in total. The fourth-order valence-corrected chi connectivity index (χ4v) is 2.23. The molecule has 0 aromatic carbocycles. The zero-order valence-electron chi connectivity index (χ0n) is 6.93. The first-order valence-corrected chi connectivity index (χ1v) is 4.13. The van der Waals surface area contributed by atoms with Crippen LogP contribution in [-0.4, -0.2) is 49.1 Å². The summed E-state index contributed by atoms with van der Waals surface area (Å²) in [7, 11) is 4.48. The average molecular weight is 140 g/mol. The summed E-state index contributed by atoms with van der Waals surface area (Å²) in [5, 5.41) is 0. The van der Waals surface area contributed by atoms with Crippen LogP contribution in [0.2, 0.25) is 0 Å². The van der Waals surface area contributed by atoms with E-state index in [2.05, 4.69) is 23.9 Å². The van der Waals surface area contributed by atoms with Gasteiger partial charge in [0.25, 0.3) is 0 Å². The van der Waals surface area contributed by atoms with E-state index in [1.807, 2.05) is 0 Å². The lowest BCUT2D eigenvalue weighted by molar-refractivity contribution is 0.0215. The van der Waals surface area contributed by atoms with Gasteiger partial charge in [-0.3, -0.25) is 4.90 Å². The predicted molar refractivity (Wildman–Crippen MR) is 42.1 cm³/mol. The summed E-state index contributed by atoms with van der Waals surface area (Å²) in [6, 6.07) is 0. The molecule has 1 atom stereocenters. The van der Waals surface area contributed by atoms with Crippen molar-refractivity contribution in [2.24, 2.45) is 0 Å². The van der Waals surface area contributed by atoms with Gasteiger partial charge in [0.1, 0.15) is 0 Å². The van der Waals surface area contributed by atoms with Crippen molar-refractivity contribution in [2.75, 3.05) is 33.7 Å². The zero-order chi connectivity index (χ0) is 7.19. The van der Waals surface area contributed by atoms with E-state index >= 15 is 0 Å². The standard InChI is InChI=1S/C8H16N2/c1-9-5-3-8(7-9)4-6-10(8)2/h3-7H2,1-2H3/t8-/m0/s1. The van der Waals surface area contributed by atoms with E-state index in [0.29, 0.717) is 5.54 Å². The Morgan fingerprint density at radius 1 is 1.10 bits per heavy atom. The molecule has 2 aliphatic heterocycles. The van der Waals surface area contributed by atoms with Gasteiger partial charge in [-0.25, -0.2) is 0 Å². The SMILES string of the molecule is CN1CC[C@]2(CCN2C)C1. The Kier molecular flexibility index (Phi) is 1.29. The maximum Gasteiger partial charge on any atom is 0.0357 e. The van der Waals surface area contributed by atoms with Crippen LogP contribution in [0.25, 0.3) is 0 Å². The molecule has 2 heteroatoms. The summed E-state index contributed by atoms with van der Waals surface area (Å²) < 4.78 is 0. The normalized spacial score (nSPS) is 42.6. The second kappa shape index (κ2) is 1.95. The maximum atomic E-state index is 2.51. The first-order valence-electron chi connectivity index (χ1n) is 4.13. The Bertz CT molecular complexity index is 146. The second-order valence-electron chi connectivity index (χ2n) is 3.88. The van der Waals surface area contributed by atoms with Crippen molar-refractivity contribution in [1.29, 1.82) is 0 Å². The van der Waals surface area contributed by atoms with E-state index in [9.17, 15) is 0 Å². The molecule has 58 valence electrons. The van der Waals surface area contributed by atoms with E-state index < -0.39 is 0 Å². The molecule has 0 amide bonds. The summed E-state index contributed by atoms with van der Waals surface area (Å²) >= 11 is 0. The highest BCUT2D eigenvalue weighted by Gasteiger charge is 2.45. The highest BCUT2D eigenvalue weighted by atomic mass is 15.3. The molecule has 0 aliphatic carbocycles. The summed E-state index contributed by atoms with van der Waals surface area (Å²) in [5.74, 6) is 0. The van der Waals surface area contributed by atoms with Gasteiger partial charge in [-0.1, -0.05) is 0 Å². The summed E-state index contributed by atoms with van der Waals surface area (Å²) in [4.78, 5) is 4.95. The predicted octanol–water partition coefficient (Wildman–Crippen LogP) is 0.396. The van der Waals surface area contributed by atoms with Gasteiger partial charge in [-0.15, -0.1) is 0 Å². The molecule has 0 bridgehead atoms. The Hall–Kier alpha value is -0.0800. The number of rotatable bonds is 0. The van der Waals surface area contributed by atoms with Crippen LogP contribution in [0.3, 0.4) is 0 Å². The summed E-state index contributed by atoms with van der Waals surface area (Å²) in [5.41, 5.74) is 0.606. The topological polar surface area (TPSA) is 6.48 Å². The van der Waals surface area contributed by atoms with E-state index in [1.165, 1.54) is 32.5 Å². The van der Waals surface area contributed by atoms with Crippen LogP contribution in [0.1, 0.15) is 12.8 Å². The first kappa shape index (κ1) is 6.62. The fourth-order valence-electron chi connectivity index (χ4n) is 2.23. The van der Waals surface area contributed by atoms with Crippen LogP contribution in [0.15, 0.2) is 0 Å². The minimum atomic E-state index is 0.606. The Morgan fingerprint density at radius 2 is 1.80 bits per heavy atom. The molecule has 2 rings (SSSR count). The van der Waals surface area contributed by atoms with Crippen molar-refractivity contribution < 1.29 is 0 Å². The van der Waals surface area contributed by atoms with Crippen LogP contribution in [0.4, 0.5) is 0 Å². The van der Waals surface area contributed by atoms with Crippen LogP contribution >= 0.6 is 0 Å². The minimum Gasteiger partial charge on any atom is -0.304 e. The molecule has 1 spiro atoms. The molecule has 2 saturated heterocycles. The van der Waals surface area contributed by atoms with Crippen molar-refractivity contribution in [3.63, 3.8) is 0 Å². The van der Waals surface area contributed by atoms with Gasteiger partial charge in [0, 0.05) is 18.6 Å². The van der Waals surface area contributed by atoms with Crippen molar-refractivity contribution in [2.45, 2.75) is 18.4 Å². The lowest BCUT2D eigenvalue weighted by Crippen LogP contribution is -2.58. The third kappa shape index (κ3) is 0.722. The van der Waals surface area contributed by atoms with Crippen molar-refractivity contribution in [3.05, 3.63) is 0 Å². The van der Waals surface area contributed by atoms with Crippen LogP contribution in [-0.2, 0) is 0 Å². The van der Waals surface area contributed by atoms with Gasteiger partial charge < -0.3 is 4.90 Å². The Labute approximate surface area is 62.8 Å². The molecule has 2 aliphatic rings. The van der Waals surface area contributed by atoms with Gasteiger partial charge in [-0.05, 0) is 33.5 Å². The van der Waals surface area contributed by atoms with Crippen LogP contribution in [0.5, 0.6) is 0 Å². The van der Waals surface area contributed by atoms with Gasteiger partial charge >= 0.3 is 0 Å². The summed E-state index contributed by atoms with van der Waals surface area (Å²) in [6.45, 7) is 3.90. The minimum absolute atomic E-state index is 0.606. The van der Waals surface area contributed by atoms with E-state index in [-0.39, 0.29) is 0 Å². The van der Waals surface area contributed by atoms with E-state index in [1.54, 1.807) is 0 Å². The molecule has 2 heterocycles. The van der Waals surface area contributed by atoms with Gasteiger partial charge in [0.15, 0.2) is 0 Å². The quantitative estimate of drug-likeness (QED) is 0.480. The molecule has 0 N–H and O–H groups in total. The fraction of sp³-hybridized carbons (Fsp3) is 1.00. The second-order valence-corrected chi connectivity index (χ2v) is 3.88. The average Bonchev–Trinajstić information content (AvgIpc) is 2.31. The molecule has 0 saturated carbocycles. The third-order valence-corrected chi connectivity index (χ3v) is 3.25. The molecule has 2 fully saturated rings. The first-order chi connectivity index (χ1) is 4.73. The molecular formula is C8H16N2. The highest BCUT2D eigenvalue weighted by molar-refractivity contribution is 5.03. The molecule has 10 heavy (non-hydrogen) atoms. The molecule has 0 aromatic rings. The zero-order valence-corrected chi connectivity index (χ0v) is 6.93. The smallest absolute Gasteiger partial charge is 0.0357 e.